The van der Waals surface area contributed by atoms with E-state index in [9.17, 15) is 12.8 Å². The maximum absolute atomic E-state index is 13.4. The maximum atomic E-state index is 13.4. The van der Waals surface area contributed by atoms with Gasteiger partial charge in [-0.3, -0.25) is 0 Å². The molecule has 0 saturated heterocycles. The van der Waals surface area contributed by atoms with E-state index in [1.54, 1.807) is 13.0 Å². The number of rotatable bonds is 4. The van der Waals surface area contributed by atoms with Crippen LogP contribution in [0.4, 0.5) is 10.1 Å². The monoisotopic (exact) mass is 231 g/mol. The Labute approximate surface area is 89.0 Å². The van der Waals surface area contributed by atoms with Gasteiger partial charge in [0.05, 0.1) is 17.2 Å². The SMILES string of the molecule is CCCS(=O)(=O)Cc1cccc(N)c1F. The first-order chi connectivity index (χ1) is 6.96. The zero-order valence-electron chi connectivity index (χ0n) is 8.53. The number of hydrogen-bond donors (Lipinski definition) is 1. The Morgan fingerprint density at radius 1 is 1.40 bits per heavy atom. The molecule has 0 aliphatic heterocycles. The summed E-state index contributed by atoms with van der Waals surface area (Å²) in [5, 5.41) is 0. The highest BCUT2D eigenvalue weighted by Gasteiger charge is 2.14. The van der Waals surface area contributed by atoms with E-state index in [1.165, 1.54) is 12.1 Å². The Kier molecular flexibility index (Phi) is 3.68. The molecule has 0 unspecified atom stereocenters. The average Bonchev–Trinajstić information content (AvgIpc) is 2.12. The number of nitrogens with two attached hydrogens (primary N) is 1. The molecule has 0 bridgehead atoms. The average molecular weight is 231 g/mol. The molecule has 0 spiro atoms. The van der Waals surface area contributed by atoms with E-state index < -0.39 is 15.7 Å². The molecule has 84 valence electrons. The van der Waals surface area contributed by atoms with Crippen molar-refractivity contribution in [2.75, 3.05) is 11.5 Å². The lowest BCUT2D eigenvalue weighted by Crippen LogP contribution is -2.10. The molecule has 3 nitrogen and oxygen atoms in total. The topological polar surface area (TPSA) is 60.2 Å². The second kappa shape index (κ2) is 4.61. The fourth-order valence-corrected chi connectivity index (χ4v) is 2.79. The highest BCUT2D eigenvalue weighted by atomic mass is 32.2. The molecule has 1 aromatic rings. The molecule has 15 heavy (non-hydrogen) atoms. The molecule has 0 radical (unpaired) electrons. The van der Waals surface area contributed by atoms with Gasteiger partial charge in [0.1, 0.15) is 5.82 Å². The molecule has 1 rings (SSSR count). The van der Waals surface area contributed by atoms with Crippen LogP contribution in [0.2, 0.25) is 0 Å². The van der Waals surface area contributed by atoms with Crippen molar-refractivity contribution < 1.29 is 12.8 Å². The summed E-state index contributed by atoms with van der Waals surface area (Å²) >= 11 is 0. The zero-order valence-corrected chi connectivity index (χ0v) is 9.35. The Hall–Kier alpha value is -1.10. The first-order valence-corrected chi connectivity index (χ1v) is 6.51. The molecular formula is C10H14FNO2S. The highest BCUT2D eigenvalue weighted by Crippen LogP contribution is 2.17. The van der Waals surface area contributed by atoms with Crippen LogP contribution >= 0.6 is 0 Å². The Morgan fingerprint density at radius 3 is 2.67 bits per heavy atom. The lowest BCUT2D eigenvalue weighted by molar-refractivity contribution is 0.587. The summed E-state index contributed by atoms with van der Waals surface area (Å²) in [6.07, 6.45) is 0.534. The van der Waals surface area contributed by atoms with Gasteiger partial charge in [0.25, 0.3) is 0 Å². The second-order valence-corrected chi connectivity index (χ2v) is 5.60. The van der Waals surface area contributed by atoms with Crippen LogP contribution in [-0.4, -0.2) is 14.2 Å². The fraction of sp³-hybridized carbons (Fsp3) is 0.400. The van der Waals surface area contributed by atoms with Crippen molar-refractivity contribution in [3.05, 3.63) is 29.6 Å². The van der Waals surface area contributed by atoms with Gasteiger partial charge in [-0.1, -0.05) is 19.1 Å². The van der Waals surface area contributed by atoms with Gasteiger partial charge in [-0.25, -0.2) is 12.8 Å². The van der Waals surface area contributed by atoms with Crippen molar-refractivity contribution in [2.24, 2.45) is 0 Å². The smallest absolute Gasteiger partial charge is 0.154 e. The molecule has 0 fully saturated rings. The van der Waals surface area contributed by atoms with Gasteiger partial charge in [0, 0.05) is 5.56 Å². The predicted octanol–water partition coefficient (Wildman–Crippen LogP) is 1.73. The number of hydrogen-bond acceptors (Lipinski definition) is 3. The normalized spacial score (nSPS) is 11.6. The molecule has 0 saturated carbocycles. The van der Waals surface area contributed by atoms with Gasteiger partial charge in [-0.2, -0.15) is 0 Å². The molecule has 0 heterocycles. The number of anilines is 1. The minimum Gasteiger partial charge on any atom is -0.396 e. The summed E-state index contributed by atoms with van der Waals surface area (Å²) in [6.45, 7) is 1.77. The molecule has 1 aromatic carbocycles. The lowest BCUT2D eigenvalue weighted by atomic mass is 10.2. The quantitative estimate of drug-likeness (QED) is 0.803. The van der Waals surface area contributed by atoms with Gasteiger partial charge in [-0.15, -0.1) is 0 Å². The van der Waals surface area contributed by atoms with Gasteiger partial charge in [0.2, 0.25) is 0 Å². The van der Waals surface area contributed by atoms with Gasteiger partial charge < -0.3 is 5.73 Å². The molecule has 0 atom stereocenters. The van der Waals surface area contributed by atoms with E-state index in [-0.39, 0.29) is 22.8 Å². The molecule has 0 amide bonds. The van der Waals surface area contributed by atoms with Crippen molar-refractivity contribution in [1.82, 2.24) is 0 Å². The van der Waals surface area contributed by atoms with Crippen molar-refractivity contribution in [2.45, 2.75) is 19.1 Å². The van der Waals surface area contributed by atoms with Gasteiger partial charge >= 0.3 is 0 Å². The van der Waals surface area contributed by atoms with E-state index in [0.29, 0.717) is 6.42 Å². The molecule has 0 aliphatic rings. The predicted molar refractivity (Wildman–Crippen MR) is 58.6 cm³/mol. The standard InChI is InChI=1S/C10H14FNO2S/c1-2-6-15(13,14)7-8-4-3-5-9(12)10(8)11/h3-5H,2,6-7,12H2,1H3. The summed E-state index contributed by atoms with van der Waals surface area (Å²) in [4.78, 5) is 0. The summed E-state index contributed by atoms with van der Waals surface area (Å²) < 4.78 is 36.3. The van der Waals surface area contributed by atoms with E-state index >= 15 is 0 Å². The third-order valence-electron chi connectivity index (χ3n) is 2.00. The van der Waals surface area contributed by atoms with Crippen LogP contribution in [0.1, 0.15) is 18.9 Å². The summed E-state index contributed by atoms with van der Waals surface area (Å²) in [7, 11) is -3.22. The Balaban J connectivity index is 2.95. The number of benzene rings is 1. The van der Waals surface area contributed by atoms with Gasteiger partial charge in [0.15, 0.2) is 9.84 Å². The van der Waals surface area contributed by atoms with E-state index in [4.69, 9.17) is 5.73 Å². The van der Waals surface area contributed by atoms with E-state index in [1.807, 2.05) is 0 Å². The van der Waals surface area contributed by atoms with Crippen molar-refractivity contribution in [1.29, 1.82) is 0 Å². The summed E-state index contributed by atoms with van der Waals surface area (Å²) in [5.74, 6) is -0.837. The third kappa shape index (κ3) is 3.20. The lowest BCUT2D eigenvalue weighted by Gasteiger charge is -2.05. The molecular weight excluding hydrogens is 217 g/mol. The molecule has 5 heteroatoms. The molecule has 0 aliphatic carbocycles. The first kappa shape index (κ1) is 12.0. The third-order valence-corrected chi connectivity index (χ3v) is 3.78. The highest BCUT2D eigenvalue weighted by molar-refractivity contribution is 7.90. The maximum Gasteiger partial charge on any atom is 0.154 e. The minimum absolute atomic E-state index is 0.0146. The number of sulfone groups is 1. The van der Waals surface area contributed by atoms with Crippen LogP contribution in [0.15, 0.2) is 18.2 Å². The first-order valence-electron chi connectivity index (χ1n) is 4.69. The van der Waals surface area contributed by atoms with Crippen LogP contribution in [-0.2, 0) is 15.6 Å². The fourth-order valence-electron chi connectivity index (χ4n) is 1.33. The van der Waals surface area contributed by atoms with E-state index in [0.717, 1.165) is 0 Å². The van der Waals surface area contributed by atoms with Crippen molar-refractivity contribution in [3.8, 4) is 0 Å². The van der Waals surface area contributed by atoms with Crippen LogP contribution in [0.25, 0.3) is 0 Å². The summed E-state index contributed by atoms with van der Waals surface area (Å²) in [6, 6.07) is 4.40. The van der Waals surface area contributed by atoms with Crippen LogP contribution in [0, 0.1) is 5.82 Å². The molecule has 2 N–H and O–H groups in total. The van der Waals surface area contributed by atoms with Gasteiger partial charge in [-0.05, 0) is 12.5 Å². The van der Waals surface area contributed by atoms with Crippen LogP contribution in [0.3, 0.4) is 0 Å². The van der Waals surface area contributed by atoms with E-state index in [2.05, 4.69) is 0 Å². The number of halogens is 1. The zero-order chi connectivity index (χ0) is 11.5. The summed E-state index contributed by atoms with van der Waals surface area (Å²) in [5.41, 5.74) is 5.47. The van der Waals surface area contributed by atoms with Crippen molar-refractivity contribution >= 4 is 15.5 Å². The second-order valence-electron chi connectivity index (χ2n) is 3.41. The van der Waals surface area contributed by atoms with Crippen LogP contribution < -0.4 is 5.73 Å². The largest absolute Gasteiger partial charge is 0.396 e. The van der Waals surface area contributed by atoms with Crippen molar-refractivity contribution in [3.63, 3.8) is 0 Å². The number of nitrogen functional groups attached to an aromatic ring is 1. The Bertz CT molecular complexity index is 443. The van der Waals surface area contributed by atoms with Crippen LogP contribution in [0.5, 0.6) is 0 Å². The molecule has 0 aromatic heterocycles. The Morgan fingerprint density at radius 2 is 2.07 bits per heavy atom. The minimum atomic E-state index is -3.22.